The van der Waals surface area contributed by atoms with E-state index in [4.69, 9.17) is 10.9 Å². The molecule has 0 aliphatic carbocycles. The molecule has 0 bridgehead atoms. The van der Waals surface area contributed by atoms with Crippen LogP contribution >= 0.6 is 22.6 Å². The molecule has 0 aromatic heterocycles. The van der Waals surface area contributed by atoms with Crippen LogP contribution in [0, 0.1) is 3.57 Å². The Kier molecular flexibility index (Phi) is 4.51. The lowest BCUT2D eigenvalue weighted by atomic mass is 10.3. The van der Waals surface area contributed by atoms with Crippen molar-refractivity contribution in [2.45, 2.75) is 6.42 Å². The molecule has 0 fully saturated rings. The third-order valence-corrected chi connectivity index (χ3v) is 2.40. The standard InChI is InChI=1S/C9H12IN3O/c10-7-1-3-8(4-2-7)12-6-5-9(11)13-14/h1-4,12,14H,5-6H2,(H2,11,13). The van der Waals surface area contributed by atoms with E-state index in [1.165, 1.54) is 3.57 Å². The molecule has 4 nitrogen and oxygen atoms in total. The maximum atomic E-state index is 8.30. The van der Waals surface area contributed by atoms with Gasteiger partial charge in [0, 0.05) is 22.2 Å². The summed E-state index contributed by atoms with van der Waals surface area (Å²) in [7, 11) is 0. The van der Waals surface area contributed by atoms with Gasteiger partial charge in [0.25, 0.3) is 0 Å². The van der Waals surface area contributed by atoms with Crippen LogP contribution in [0.3, 0.4) is 0 Å². The SMILES string of the molecule is N/C(CCNc1ccc(I)cc1)=N/O. The second-order valence-electron chi connectivity index (χ2n) is 2.78. The lowest BCUT2D eigenvalue weighted by Crippen LogP contribution is -2.16. The Bertz CT molecular complexity index is 310. The Hall–Kier alpha value is -0.980. The van der Waals surface area contributed by atoms with Gasteiger partial charge in [-0.15, -0.1) is 0 Å². The first-order valence-corrected chi connectivity index (χ1v) is 5.26. The summed E-state index contributed by atoms with van der Waals surface area (Å²) >= 11 is 2.25. The number of nitrogens with two attached hydrogens (primary N) is 1. The predicted molar refractivity (Wildman–Crippen MR) is 65.7 cm³/mol. The molecule has 4 N–H and O–H groups in total. The van der Waals surface area contributed by atoms with E-state index in [9.17, 15) is 0 Å². The first kappa shape index (κ1) is 11.1. The maximum Gasteiger partial charge on any atom is 0.140 e. The van der Waals surface area contributed by atoms with Crippen molar-refractivity contribution in [1.29, 1.82) is 0 Å². The second kappa shape index (κ2) is 5.69. The number of anilines is 1. The number of nitrogens with zero attached hydrogens (tertiary/aromatic N) is 1. The molecule has 76 valence electrons. The van der Waals surface area contributed by atoms with Gasteiger partial charge in [-0.1, -0.05) is 5.16 Å². The van der Waals surface area contributed by atoms with E-state index in [1.807, 2.05) is 24.3 Å². The van der Waals surface area contributed by atoms with Crippen molar-refractivity contribution < 1.29 is 5.21 Å². The van der Waals surface area contributed by atoms with E-state index in [-0.39, 0.29) is 5.84 Å². The fourth-order valence-corrected chi connectivity index (χ4v) is 1.31. The van der Waals surface area contributed by atoms with Gasteiger partial charge in [0.15, 0.2) is 0 Å². The van der Waals surface area contributed by atoms with E-state index >= 15 is 0 Å². The first-order valence-electron chi connectivity index (χ1n) is 4.18. The topological polar surface area (TPSA) is 70.6 Å². The van der Waals surface area contributed by atoms with Gasteiger partial charge in [0.2, 0.25) is 0 Å². The molecule has 0 amide bonds. The van der Waals surface area contributed by atoms with Crippen molar-refractivity contribution >= 4 is 34.1 Å². The Morgan fingerprint density at radius 3 is 2.64 bits per heavy atom. The molecule has 0 heterocycles. The molecular formula is C9H12IN3O. The van der Waals surface area contributed by atoms with E-state index in [2.05, 4.69) is 33.1 Å². The van der Waals surface area contributed by atoms with Crippen LogP contribution in [0.1, 0.15) is 6.42 Å². The van der Waals surface area contributed by atoms with Crippen molar-refractivity contribution in [2.24, 2.45) is 10.9 Å². The number of hydrogen-bond acceptors (Lipinski definition) is 3. The monoisotopic (exact) mass is 305 g/mol. The van der Waals surface area contributed by atoms with E-state index in [0.717, 1.165) is 5.69 Å². The van der Waals surface area contributed by atoms with Crippen molar-refractivity contribution in [2.75, 3.05) is 11.9 Å². The zero-order valence-corrected chi connectivity index (χ0v) is 9.73. The highest BCUT2D eigenvalue weighted by molar-refractivity contribution is 14.1. The number of amidine groups is 1. The predicted octanol–water partition coefficient (Wildman–Crippen LogP) is 1.84. The maximum absolute atomic E-state index is 8.30. The minimum atomic E-state index is 0.239. The lowest BCUT2D eigenvalue weighted by molar-refractivity contribution is 0.317. The highest BCUT2D eigenvalue weighted by atomic mass is 127. The molecule has 0 spiro atoms. The van der Waals surface area contributed by atoms with Crippen molar-refractivity contribution in [3.8, 4) is 0 Å². The molecule has 1 aromatic rings. The molecule has 0 saturated carbocycles. The van der Waals surface area contributed by atoms with Gasteiger partial charge in [-0.25, -0.2) is 0 Å². The highest BCUT2D eigenvalue weighted by Crippen LogP contribution is 2.10. The molecule has 1 aromatic carbocycles. The van der Waals surface area contributed by atoms with Gasteiger partial charge < -0.3 is 16.3 Å². The number of nitrogens with one attached hydrogen (secondary N) is 1. The van der Waals surface area contributed by atoms with Gasteiger partial charge in [0.1, 0.15) is 5.84 Å². The summed E-state index contributed by atoms with van der Waals surface area (Å²) in [5.41, 5.74) is 6.36. The highest BCUT2D eigenvalue weighted by Gasteiger charge is 1.94. The zero-order valence-electron chi connectivity index (χ0n) is 7.57. The Balaban J connectivity index is 2.35. The Morgan fingerprint density at radius 1 is 1.43 bits per heavy atom. The van der Waals surface area contributed by atoms with Crippen LogP contribution in [0.2, 0.25) is 0 Å². The lowest BCUT2D eigenvalue weighted by Gasteiger charge is -2.05. The summed E-state index contributed by atoms with van der Waals surface area (Å²) in [6.45, 7) is 0.663. The zero-order chi connectivity index (χ0) is 10.4. The van der Waals surface area contributed by atoms with Crippen molar-refractivity contribution in [3.05, 3.63) is 27.8 Å². The summed E-state index contributed by atoms with van der Waals surface area (Å²) < 4.78 is 1.20. The van der Waals surface area contributed by atoms with Crippen LogP contribution < -0.4 is 11.1 Å². The Morgan fingerprint density at radius 2 is 2.07 bits per heavy atom. The van der Waals surface area contributed by atoms with Gasteiger partial charge in [-0.05, 0) is 46.9 Å². The van der Waals surface area contributed by atoms with Crippen molar-refractivity contribution in [3.63, 3.8) is 0 Å². The smallest absolute Gasteiger partial charge is 0.140 e. The summed E-state index contributed by atoms with van der Waals surface area (Å²) in [4.78, 5) is 0. The van der Waals surface area contributed by atoms with Crippen LogP contribution in [0.5, 0.6) is 0 Å². The van der Waals surface area contributed by atoms with Crippen LogP contribution in [-0.2, 0) is 0 Å². The van der Waals surface area contributed by atoms with E-state index in [1.54, 1.807) is 0 Å². The average Bonchev–Trinajstić information content (AvgIpc) is 2.21. The summed E-state index contributed by atoms with van der Waals surface area (Å²) in [5.74, 6) is 0.239. The van der Waals surface area contributed by atoms with Gasteiger partial charge in [0.05, 0.1) is 0 Å². The number of hydrogen-bond donors (Lipinski definition) is 3. The summed E-state index contributed by atoms with van der Waals surface area (Å²) in [6.07, 6.45) is 0.530. The quantitative estimate of drug-likeness (QED) is 0.261. The average molecular weight is 305 g/mol. The summed E-state index contributed by atoms with van der Waals surface area (Å²) in [5, 5.41) is 14.4. The van der Waals surface area contributed by atoms with E-state index in [0.29, 0.717) is 13.0 Å². The minimum Gasteiger partial charge on any atom is -0.409 e. The summed E-state index contributed by atoms with van der Waals surface area (Å²) in [6, 6.07) is 8.03. The molecule has 0 radical (unpaired) electrons. The number of oxime groups is 1. The molecule has 0 aliphatic rings. The normalized spacial score (nSPS) is 11.4. The minimum absolute atomic E-state index is 0.239. The van der Waals surface area contributed by atoms with Crippen LogP contribution in [0.25, 0.3) is 0 Å². The second-order valence-corrected chi connectivity index (χ2v) is 4.02. The molecule has 0 saturated heterocycles. The third-order valence-electron chi connectivity index (χ3n) is 1.68. The fourth-order valence-electron chi connectivity index (χ4n) is 0.953. The van der Waals surface area contributed by atoms with Gasteiger partial charge >= 0.3 is 0 Å². The number of rotatable bonds is 4. The molecule has 1 rings (SSSR count). The fraction of sp³-hybridized carbons (Fsp3) is 0.222. The molecule has 5 heteroatoms. The largest absolute Gasteiger partial charge is 0.409 e. The molecule has 0 unspecified atom stereocenters. The van der Waals surface area contributed by atoms with E-state index < -0.39 is 0 Å². The third kappa shape index (κ3) is 3.82. The van der Waals surface area contributed by atoms with Gasteiger partial charge in [-0.2, -0.15) is 0 Å². The first-order chi connectivity index (χ1) is 6.72. The van der Waals surface area contributed by atoms with Crippen molar-refractivity contribution in [1.82, 2.24) is 0 Å². The van der Waals surface area contributed by atoms with Crippen LogP contribution in [0.15, 0.2) is 29.4 Å². The number of halogens is 1. The molecular weight excluding hydrogens is 293 g/mol. The molecule has 14 heavy (non-hydrogen) atoms. The van der Waals surface area contributed by atoms with Gasteiger partial charge in [-0.3, -0.25) is 0 Å². The van der Waals surface area contributed by atoms with Crippen LogP contribution in [0.4, 0.5) is 5.69 Å². The number of benzene rings is 1. The Labute approximate surface area is 96.3 Å². The molecule has 0 aliphatic heterocycles. The van der Waals surface area contributed by atoms with Crippen LogP contribution in [-0.4, -0.2) is 17.6 Å². The molecule has 0 atom stereocenters.